The molecule has 1 N–H and O–H groups in total. The fraction of sp³-hybridized carbons (Fsp3) is 0.200. The van der Waals surface area contributed by atoms with E-state index in [2.05, 4.69) is 5.10 Å². The molecule has 2 aromatic rings. The second kappa shape index (κ2) is 6.56. The molecule has 0 aliphatic carbocycles. The Balaban J connectivity index is 2.07. The highest BCUT2D eigenvalue weighted by molar-refractivity contribution is 5.86. The summed E-state index contributed by atoms with van der Waals surface area (Å²) < 4.78 is 7.55. The third-order valence-electron chi connectivity index (χ3n) is 2.77. The predicted molar refractivity (Wildman–Crippen MR) is 75.6 cm³/mol. The number of hydrogen-bond donors (Lipinski definition) is 1. The molecule has 0 saturated carbocycles. The van der Waals surface area contributed by atoms with E-state index in [1.165, 1.54) is 0 Å². The Bertz CT molecular complexity index is 604. The van der Waals surface area contributed by atoms with Gasteiger partial charge in [0.15, 0.2) is 0 Å². The van der Waals surface area contributed by atoms with E-state index in [-0.39, 0.29) is 0 Å². The van der Waals surface area contributed by atoms with Crippen LogP contribution in [0.2, 0.25) is 0 Å². The number of hydrogen-bond acceptors (Lipinski definition) is 3. The molecule has 20 heavy (non-hydrogen) atoms. The Labute approximate surface area is 117 Å². The lowest BCUT2D eigenvalue weighted by Gasteiger charge is -2.12. The molecule has 0 unspecified atom stereocenters. The first-order valence-corrected chi connectivity index (χ1v) is 6.27. The van der Waals surface area contributed by atoms with E-state index in [0.717, 1.165) is 17.2 Å². The van der Waals surface area contributed by atoms with Crippen molar-refractivity contribution < 1.29 is 14.6 Å². The van der Waals surface area contributed by atoms with Crippen LogP contribution in [0.5, 0.6) is 5.75 Å². The first-order valence-electron chi connectivity index (χ1n) is 6.27. The van der Waals surface area contributed by atoms with Crippen LogP contribution in [-0.2, 0) is 11.3 Å². The number of rotatable bonds is 6. The maximum absolute atomic E-state index is 10.6. The highest BCUT2D eigenvalue weighted by Gasteiger charge is 2.05. The SMILES string of the molecule is Cc1cccc(/C=C/C(=O)O)c1OCCn1cccn1. The molecule has 5 nitrogen and oxygen atoms in total. The van der Waals surface area contributed by atoms with E-state index in [0.29, 0.717) is 18.9 Å². The van der Waals surface area contributed by atoms with E-state index in [1.807, 2.05) is 37.4 Å². The summed E-state index contributed by atoms with van der Waals surface area (Å²) in [5.74, 6) is -0.272. The molecule has 0 atom stereocenters. The molecule has 0 radical (unpaired) electrons. The van der Waals surface area contributed by atoms with Crippen molar-refractivity contribution >= 4 is 12.0 Å². The van der Waals surface area contributed by atoms with Crippen molar-refractivity contribution in [2.45, 2.75) is 13.5 Å². The Morgan fingerprint density at radius 2 is 2.30 bits per heavy atom. The summed E-state index contributed by atoms with van der Waals surface area (Å²) in [5, 5.41) is 12.8. The molecule has 0 saturated heterocycles. The topological polar surface area (TPSA) is 64.3 Å². The highest BCUT2D eigenvalue weighted by atomic mass is 16.5. The van der Waals surface area contributed by atoms with Gasteiger partial charge in [0.2, 0.25) is 0 Å². The van der Waals surface area contributed by atoms with Crippen LogP contribution in [0.1, 0.15) is 11.1 Å². The minimum Gasteiger partial charge on any atom is -0.491 e. The van der Waals surface area contributed by atoms with Crippen molar-refractivity contribution in [3.05, 3.63) is 53.9 Å². The normalized spacial score (nSPS) is 10.8. The van der Waals surface area contributed by atoms with Crippen molar-refractivity contribution in [3.8, 4) is 5.75 Å². The predicted octanol–water partition coefficient (Wildman–Crippen LogP) is 2.37. The van der Waals surface area contributed by atoms with Gasteiger partial charge < -0.3 is 9.84 Å². The summed E-state index contributed by atoms with van der Waals surface area (Å²) in [6, 6.07) is 7.49. The number of nitrogens with zero attached hydrogens (tertiary/aromatic N) is 2. The van der Waals surface area contributed by atoms with Gasteiger partial charge in [-0.05, 0) is 24.6 Å². The van der Waals surface area contributed by atoms with Crippen LogP contribution < -0.4 is 4.74 Å². The quantitative estimate of drug-likeness (QED) is 0.820. The number of aliphatic carboxylic acids is 1. The lowest BCUT2D eigenvalue weighted by molar-refractivity contribution is -0.131. The molecule has 1 heterocycles. The van der Waals surface area contributed by atoms with Crippen molar-refractivity contribution in [2.24, 2.45) is 0 Å². The first-order chi connectivity index (χ1) is 9.66. The highest BCUT2D eigenvalue weighted by Crippen LogP contribution is 2.24. The Kier molecular flexibility index (Phi) is 4.55. The van der Waals surface area contributed by atoms with Gasteiger partial charge in [0.05, 0.1) is 6.54 Å². The molecule has 0 bridgehead atoms. The second-order valence-corrected chi connectivity index (χ2v) is 4.28. The van der Waals surface area contributed by atoms with E-state index in [9.17, 15) is 4.79 Å². The molecule has 0 aliphatic heterocycles. The van der Waals surface area contributed by atoms with Crippen LogP contribution in [0.3, 0.4) is 0 Å². The van der Waals surface area contributed by atoms with Crippen molar-refractivity contribution in [1.29, 1.82) is 0 Å². The molecular formula is C15H16N2O3. The minimum atomic E-state index is -0.978. The summed E-state index contributed by atoms with van der Waals surface area (Å²) in [4.78, 5) is 10.6. The molecule has 0 aliphatic rings. The number of benzene rings is 1. The van der Waals surface area contributed by atoms with Crippen LogP contribution in [-0.4, -0.2) is 27.5 Å². The van der Waals surface area contributed by atoms with Gasteiger partial charge in [-0.2, -0.15) is 5.10 Å². The van der Waals surface area contributed by atoms with E-state index < -0.39 is 5.97 Å². The summed E-state index contributed by atoms with van der Waals surface area (Å²) >= 11 is 0. The number of carbonyl (C=O) groups is 1. The summed E-state index contributed by atoms with van der Waals surface area (Å²) in [7, 11) is 0. The smallest absolute Gasteiger partial charge is 0.328 e. The number of aryl methyl sites for hydroxylation is 1. The average molecular weight is 272 g/mol. The largest absolute Gasteiger partial charge is 0.491 e. The van der Waals surface area contributed by atoms with Gasteiger partial charge in [-0.3, -0.25) is 4.68 Å². The van der Waals surface area contributed by atoms with Gasteiger partial charge in [-0.15, -0.1) is 0 Å². The van der Waals surface area contributed by atoms with E-state index >= 15 is 0 Å². The van der Waals surface area contributed by atoms with Gasteiger partial charge in [-0.25, -0.2) is 4.79 Å². The molecule has 0 amide bonds. The van der Waals surface area contributed by atoms with Crippen LogP contribution in [0.15, 0.2) is 42.7 Å². The Morgan fingerprint density at radius 1 is 1.45 bits per heavy atom. The number of carboxylic acids is 1. The standard InChI is InChI=1S/C15H16N2O3/c1-12-4-2-5-13(6-7-14(18)19)15(12)20-11-10-17-9-3-8-16-17/h2-9H,10-11H2,1H3,(H,18,19)/b7-6+. The van der Waals surface area contributed by atoms with E-state index in [4.69, 9.17) is 9.84 Å². The average Bonchev–Trinajstić information content (AvgIpc) is 2.92. The zero-order chi connectivity index (χ0) is 14.4. The second-order valence-electron chi connectivity index (χ2n) is 4.28. The van der Waals surface area contributed by atoms with Crippen molar-refractivity contribution in [1.82, 2.24) is 9.78 Å². The molecule has 1 aromatic carbocycles. The molecule has 5 heteroatoms. The van der Waals surface area contributed by atoms with Gasteiger partial charge in [0.25, 0.3) is 0 Å². The minimum absolute atomic E-state index is 0.473. The van der Waals surface area contributed by atoms with Gasteiger partial charge in [-0.1, -0.05) is 18.2 Å². The zero-order valence-corrected chi connectivity index (χ0v) is 11.2. The lowest BCUT2D eigenvalue weighted by Crippen LogP contribution is -2.09. The molecule has 0 fully saturated rings. The number of ether oxygens (including phenoxy) is 1. The molecular weight excluding hydrogens is 256 g/mol. The fourth-order valence-electron chi connectivity index (χ4n) is 1.84. The summed E-state index contributed by atoms with van der Waals surface area (Å²) in [5.41, 5.74) is 1.73. The monoisotopic (exact) mass is 272 g/mol. The van der Waals surface area contributed by atoms with Crippen molar-refractivity contribution in [2.75, 3.05) is 6.61 Å². The molecule has 1 aromatic heterocycles. The maximum atomic E-state index is 10.6. The first kappa shape index (κ1) is 13.9. The third-order valence-corrected chi connectivity index (χ3v) is 2.77. The summed E-state index contributed by atoms with van der Waals surface area (Å²) in [6.07, 6.45) is 6.23. The Hall–Kier alpha value is -2.56. The van der Waals surface area contributed by atoms with E-state index in [1.54, 1.807) is 17.0 Å². The third kappa shape index (κ3) is 3.71. The van der Waals surface area contributed by atoms with Crippen LogP contribution >= 0.6 is 0 Å². The van der Waals surface area contributed by atoms with Crippen LogP contribution in [0, 0.1) is 6.92 Å². The number of para-hydroxylation sites is 1. The zero-order valence-electron chi connectivity index (χ0n) is 11.2. The molecule has 0 spiro atoms. The molecule has 2 rings (SSSR count). The maximum Gasteiger partial charge on any atom is 0.328 e. The van der Waals surface area contributed by atoms with Crippen molar-refractivity contribution in [3.63, 3.8) is 0 Å². The van der Waals surface area contributed by atoms with Crippen LogP contribution in [0.4, 0.5) is 0 Å². The van der Waals surface area contributed by atoms with Gasteiger partial charge in [0.1, 0.15) is 12.4 Å². The molecule has 104 valence electrons. The summed E-state index contributed by atoms with van der Waals surface area (Å²) in [6.45, 7) is 3.05. The Morgan fingerprint density at radius 3 is 3.00 bits per heavy atom. The van der Waals surface area contributed by atoms with Gasteiger partial charge >= 0.3 is 5.97 Å². The number of carboxylic acid groups (broad SMARTS) is 1. The number of aromatic nitrogens is 2. The lowest BCUT2D eigenvalue weighted by atomic mass is 10.1. The van der Waals surface area contributed by atoms with Gasteiger partial charge in [0, 0.05) is 24.0 Å². The fourth-order valence-corrected chi connectivity index (χ4v) is 1.84. The van der Waals surface area contributed by atoms with Crippen LogP contribution in [0.25, 0.3) is 6.08 Å².